The predicted molar refractivity (Wildman–Crippen MR) is 156 cm³/mol. The first-order valence-corrected chi connectivity index (χ1v) is 13.0. The molecule has 2 aromatic heterocycles. The molecular formula is C30H31N7O3. The van der Waals surface area contributed by atoms with Crippen LogP contribution in [0.4, 0.5) is 22.0 Å². The SMILES string of the molecule is CC(C)(C)OC(=O)NCCC(=O)Nc1ccc2ncnc(Nc3ccc4c(cnn4Cc4ccccc4)c3)c2c1. The maximum absolute atomic E-state index is 12.5. The van der Waals surface area contributed by atoms with Crippen molar-refractivity contribution < 1.29 is 14.3 Å². The summed E-state index contributed by atoms with van der Waals surface area (Å²) in [5.41, 5.74) is 3.82. The average molecular weight is 538 g/mol. The molecule has 3 aromatic carbocycles. The predicted octanol–water partition coefficient (Wildman–Crippen LogP) is 5.62. The van der Waals surface area contributed by atoms with E-state index >= 15 is 0 Å². The van der Waals surface area contributed by atoms with Gasteiger partial charge in [-0.15, -0.1) is 0 Å². The van der Waals surface area contributed by atoms with Gasteiger partial charge < -0.3 is 20.7 Å². The smallest absolute Gasteiger partial charge is 0.407 e. The average Bonchev–Trinajstić information content (AvgIpc) is 3.30. The Balaban J connectivity index is 1.26. The van der Waals surface area contributed by atoms with Gasteiger partial charge in [-0.05, 0) is 62.7 Å². The minimum Gasteiger partial charge on any atom is -0.444 e. The van der Waals surface area contributed by atoms with Crippen molar-refractivity contribution in [1.82, 2.24) is 25.1 Å². The van der Waals surface area contributed by atoms with Crippen molar-refractivity contribution in [1.29, 1.82) is 0 Å². The standard InChI is InChI=1S/C30H31N7O3/c1-30(2,3)40-29(39)31-14-13-27(38)35-23-9-11-25-24(16-23)28(33-19-32-25)36-22-10-12-26-21(15-22)17-34-37(26)18-20-7-5-4-6-8-20/h4-12,15-17,19H,13-14,18H2,1-3H3,(H,31,39)(H,35,38)(H,32,33,36). The third-order valence-electron chi connectivity index (χ3n) is 6.02. The van der Waals surface area contributed by atoms with Crippen LogP contribution in [0.25, 0.3) is 21.8 Å². The number of amides is 2. The number of nitrogens with zero attached hydrogens (tertiary/aromatic N) is 4. The summed E-state index contributed by atoms with van der Waals surface area (Å²) in [7, 11) is 0. The van der Waals surface area contributed by atoms with Crippen molar-refractivity contribution in [2.24, 2.45) is 0 Å². The van der Waals surface area contributed by atoms with Gasteiger partial charge in [0.05, 0.1) is 23.8 Å². The highest BCUT2D eigenvalue weighted by molar-refractivity contribution is 5.97. The second-order valence-electron chi connectivity index (χ2n) is 10.4. The molecule has 2 amide bonds. The van der Waals surface area contributed by atoms with E-state index in [2.05, 4.69) is 43.1 Å². The number of ether oxygens (including phenoxy) is 1. The molecule has 0 fully saturated rings. The summed E-state index contributed by atoms with van der Waals surface area (Å²) in [4.78, 5) is 33.1. The minimum absolute atomic E-state index is 0.103. The third-order valence-corrected chi connectivity index (χ3v) is 6.02. The first-order valence-electron chi connectivity index (χ1n) is 13.0. The van der Waals surface area contributed by atoms with Crippen molar-refractivity contribution in [3.05, 3.63) is 84.8 Å². The van der Waals surface area contributed by atoms with Crippen molar-refractivity contribution in [3.63, 3.8) is 0 Å². The second-order valence-corrected chi connectivity index (χ2v) is 10.4. The molecule has 5 rings (SSSR count). The fourth-order valence-electron chi connectivity index (χ4n) is 4.23. The molecule has 10 heteroatoms. The number of carbonyl (C=O) groups excluding carboxylic acids is 2. The summed E-state index contributed by atoms with van der Waals surface area (Å²) in [6.07, 6.45) is 2.90. The molecule has 0 radical (unpaired) electrons. The topological polar surface area (TPSA) is 123 Å². The molecule has 40 heavy (non-hydrogen) atoms. The Hall–Kier alpha value is -4.99. The molecule has 3 N–H and O–H groups in total. The van der Waals surface area contributed by atoms with E-state index in [0.29, 0.717) is 18.1 Å². The number of rotatable bonds is 8. The lowest BCUT2D eigenvalue weighted by atomic mass is 10.2. The molecule has 0 saturated heterocycles. The first kappa shape index (κ1) is 26.6. The highest BCUT2D eigenvalue weighted by atomic mass is 16.6. The van der Waals surface area contributed by atoms with Gasteiger partial charge in [0.15, 0.2) is 0 Å². The quantitative estimate of drug-likeness (QED) is 0.235. The van der Waals surface area contributed by atoms with Crippen LogP contribution >= 0.6 is 0 Å². The Labute approximate surface area is 231 Å². The van der Waals surface area contributed by atoms with E-state index in [-0.39, 0.29) is 18.9 Å². The van der Waals surface area contributed by atoms with Crippen molar-refractivity contribution in [3.8, 4) is 0 Å². The Morgan fingerprint density at radius 2 is 1.75 bits per heavy atom. The Morgan fingerprint density at radius 1 is 0.950 bits per heavy atom. The number of alkyl carbamates (subject to hydrolysis) is 1. The summed E-state index contributed by atoms with van der Waals surface area (Å²) in [5, 5.41) is 15.2. The molecule has 0 atom stereocenters. The monoisotopic (exact) mass is 537 g/mol. The first-order chi connectivity index (χ1) is 19.2. The van der Waals surface area contributed by atoms with E-state index in [4.69, 9.17) is 4.74 Å². The largest absolute Gasteiger partial charge is 0.444 e. The summed E-state index contributed by atoms with van der Waals surface area (Å²) < 4.78 is 7.17. The van der Waals surface area contributed by atoms with E-state index in [1.807, 2.05) is 59.4 Å². The highest BCUT2D eigenvalue weighted by Gasteiger charge is 2.16. The molecule has 2 heterocycles. The summed E-state index contributed by atoms with van der Waals surface area (Å²) >= 11 is 0. The van der Waals surface area contributed by atoms with E-state index in [1.165, 1.54) is 11.9 Å². The number of nitrogens with one attached hydrogen (secondary N) is 3. The van der Waals surface area contributed by atoms with Gasteiger partial charge in [-0.2, -0.15) is 5.10 Å². The van der Waals surface area contributed by atoms with Crippen LogP contribution in [-0.2, 0) is 16.1 Å². The number of anilines is 3. The van der Waals surface area contributed by atoms with Crippen molar-refractivity contribution >= 4 is 51.0 Å². The van der Waals surface area contributed by atoms with Gasteiger partial charge in [0.1, 0.15) is 17.7 Å². The van der Waals surface area contributed by atoms with Crippen LogP contribution in [-0.4, -0.2) is 43.9 Å². The summed E-state index contributed by atoms with van der Waals surface area (Å²) in [6.45, 7) is 6.20. The minimum atomic E-state index is -0.596. The van der Waals surface area contributed by atoms with E-state index in [1.54, 1.807) is 26.8 Å². The lowest BCUT2D eigenvalue weighted by Crippen LogP contribution is -2.34. The fourth-order valence-corrected chi connectivity index (χ4v) is 4.23. The maximum Gasteiger partial charge on any atom is 0.407 e. The van der Waals surface area contributed by atoms with Crippen LogP contribution in [0, 0.1) is 0 Å². The Kier molecular flexibility index (Phi) is 7.59. The number of hydrogen-bond acceptors (Lipinski definition) is 7. The molecule has 0 aliphatic carbocycles. The van der Waals surface area contributed by atoms with Gasteiger partial charge in [0.25, 0.3) is 0 Å². The molecule has 5 aromatic rings. The molecule has 204 valence electrons. The Bertz CT molecular complexity index is 1660. The molecule has 0 spiro atoms. The zero-order chi connectivity index (χ0) is 28.1. The second kappa shape index (κ2) is 11.4. The van der Waals surface area contributed by atoms with E-state index in [9.17, 15) is 9.59 Å². The van der Waals surface area contributed by atoms with Crippen LogP contribution in [0.15, 0.2) is 79.3 Å². The highest BCUT2D eigenvalue weighted by Crippen LogP contribution is 2.28. The summed E-state index contributed by atoms with van der Waals surface area (Å²) in [6, 6.07) is 21.7. The molecule has 0 aliphatic heterocycles. The lowest BCUT2D eigenvalue weighted by molar-refractivity contribution is -0.116. The number of benzene rings is 3. The summed E-state index contributed by atoms with van der Waals surface area (Å²) in [5.74, 6) is 0.378. The van der Waals surface area contributed by atoms with Crippen LogP contribution in [0.5, 0.6) is 0 Å². The fraction of sp³-hybridized carbons (Fsp3) is 0.233. The van der Waals surface area contributed by atoms with Gasteiger partial charge in [0.2, 0.25) is 5.91 Å². The number of hydrogen-bond donors (Lipinski definition) is 3. The lowest BCUT2D eigenvalue weighted by Gasteiger charge is -2.19. The normalized spacial score (nSPS) is 11.4. The van der Waals surface area contributed by atoms with Gasteiger partial charge in [0, 0.05) is 35.1 Å². The molecule has 0 aliphatic rings. The van der Waals surface area contributed by atoms with E-state index in [0.717, 1.165) is 27.5 Å². The van der Waals surface area contributed by atoms with Crippen LogP contribution in [0.1, 0.15) is 32.8 Å². The van der Waals surface area contributed by atoms with Crippen LogP contribution in [0.2, 0.25) is 0 Å². The molecule has 0 unspecified atom stereocenters. The zero-order valence-electron chi connectivity index (χ0n) is 22.6. The molecule has 10 nitrogen and oxygen atoms in total. The Morgan fingerprint density at radius 3 is 2.55 bits per heavy atom. The van der Waals surface area contributed by atoms with Gasteiger partial charge in [-0.25, -0.2) is 14.8 Å². The van der Waals surface area contributed by atoms with Crippen molar-refractivity contribution in [2.45, 2.75) is 39.3 Å². The van der Waals surface area contributed by atoms with Crippen LogP contribution in [0.3, 0.4) is 0 Å². The van der Waals surface area contributed by atoms with E-state index < -0.39 is 11.7 Å². The third kappa shape index (κ3) is 6.71. The molecule has 0 saturated carbocycles. The van der Waals surface area contributed by atoms with Crippen molar-refractivity contribution in [2.75, 3.05) is 17.2 Å². The van der Waals surface area contributed by atoms with Gasteiger partial charge >= 0.3 is 6.09 Å². The number of aromatic nitrogens is 4. The van der Waals surface area contributed by atoms with Crippen LogP contribution < -0.4 is 16.0 Å². The number of fused-ring (bicyclic) bond motifs is 2. The molecular weight excluding hydrogens is 506 g/mol. The van der Waals surface area contributed by atoms with Gasteiger partial charge in [-0.3, -0.25) is 9.48 Å². The maximum atomic E-state index is 12.5. The zero-order valence-corrected chi connectivity index (χ0v) is 22.6. The van der Waals surface area contributed by atoms with Gasteiger partial charge in [-0.1, -0.05) is 30.3 Å². The number of carbonyl (C=O) groups is 2. The molecule has 0 bridgehead atoms.